The summed E-state index contributed by atoms with van der Waals surface area (Å²) in [6, 6.07) is 3.96. The predicted molar refractivity (Wildman–Crippen MR) is 109 cm³/mol. The van der Waals surface area contributed by atoms with Gasteiger partial charge in [0.2, 0.25) is 0 Å². The molecule has 1 N–H and O–H groups in total. The Kier molecular flexibility index (Phi) is 5.27. The van der Waals surface area contributed by atoms with Crippen molar-refractivity contribution in [1.29, 1.82) is 0 Å². The van der Waals surface area contributed by atoms with Gasteiger partial charge < -0.3 is 14.8 Å². The number of amides is 2. The van der Waals surface area contributed by atoms with Crippen LogP contribution in [0, 0.1) is 6.92 Å². The maximum Gasteiger partial charge on any atom is 0.287 e. The molecular formula is C19H21N5O2S2. The smallest absolute Gasteiger partial charge is 0.287 e. The minimum atomic E-state index is -0.171. The third-order valence-electron chi connectivity index (χ3n) is 4.87. The molecule has 0 saturated carbocycles. The molecule has 2 amide bonds. The van der Waals surface area contributed by atoms with E-state index >= 15 is 0 Å². The van der Waals surface area contributed by atoms with Gasteiger partial charge in [0.15, 0.2) is 5.82 Å². The number of carbonyl (C=O) groups is 2. The summed E-state index contributed by atoms with van der Waals surface area (Å²) in [6.07, 6.45) is 1.31. The largest absolute Gasteiger partial charge is 0.344 e. The van der Waals surface area contributed by atoms with Crippen molar-refractivity contribution in [3.63, 3.8) is 0 Å². The van der Waals surface area contributed by atoms with Crippen LogP contribution < -0.4 is 5.32 Å². The Morgan fingerprint density at radius 1 is 1.21 bits per heavy atom. The van der Waals surface area contributed by atoms with Crippen LogP contribution in [0.2, 0.25) is 0 Å². The van der Waals surface area contributed by atoms with Crippen molar-refractivity contribution in [2.75, 3.05) is 13.1 Å². The average Bonchev–Trinajstić information content (AvgIpc) is 3.38. The first-order valence-corrected chi connectivity index (χ1v) is 10.9. The summed E-state index contributed by atoms with van der Waals surface area (Å²) < 4.78 is 1.86. The van der Waals surface area contributed by atoms with Gasteiger partial charge in [0, 0.05) is 48.9 Å². The molecule has 0 atom stereocenters. The molecule has 0 bridgehead atoms. The Balaban J connectivity index is 1.44. The lowest BCUT2D eigenvalue weighted by molar-refractivity contribution is 0.0756. The minimum Gasteiger partial charge on any atom is -0.344 e. The molecule has 1 aliphatic heterocycles. The second-order valence-electron chi connectivity index (χ2n) is 6.69. The normalized spacial score (nSPS) is 13.9. The summed E-state index contributed by atoms with van der Waals surface area (Å²) in [5.74, 6) is 0.220. The van der Waals surface area contributed by atoms with E-state index in [9.17, 15) is 9.59 Å². The summed E-state index contributed by atoms with van der Waals surface area (Å²) in [6.45, 7) is 3.58. The van der Waals surface area contributed by atoms with Crippen molar-refractivity contribution in [1.82, 2.24) is 24.8 Å². The van der Waals surface area contributed by atoms with Crippen LogP contribution in [0.4, 0.5) is 0 Å². The van der Waals surface area contributed by atoms with Crippen LogP contribution >= 0.6 is 22.7 Å². The van der Waals surface area contributed by atoms with E-state index in [-0.39, 0.29) is 11.8 Å². The number of rotatable bonds is 4. The number of hydrogen-bond donors (Lipinski definition) is 1. The quantitative estimate of drug-likeness (QED) is 0.710. The van der Waals surface area contributed by atoms with Gasteiger partial charge in [-0.25, -0.2) is 9.97 Å². The summed E-state index contributed by atoms with van der Waals surface area (Å²) in [5, 5.41) is 7.62. The zero-order valence-corrected chi connectivity index (χ0v) is 17.4. The highest BCUT2D eigenvalue weighted by molar-refractivity contribution is 7.10. The fraction of sp³-hybridized carbons (Fsp3) is 0.368. The van der Waals surface area contributed by atoms with Crippen LogP contribution in [0.1, 0.15) is 42.4 Å². The number of fused-ring (bicyclic) bond motifs is 1. The lowest BCUT2D eigenvalue weighted by Crippen LogP contribution is -2.34. The monoisotopic (exact) mass is 415 g/mol. The third kappa shape index (κ3) is 3.72. The Morgan fingerprint density at radius 3 is 2.75 bits per heavy atom. The Labute approximate surface area is 171 Å². The highest BCUT2D eigenvalue weighted by atomic mass is 32.1. The van der Waals surface area contributed by atoms with Crippen molar-refractivity contribution >= 4 is 34.5 Å². The third-order valence-corrected chi connectivity index (χ3v) is 6.52. The lowest BCUT2D eigenvalue weighted by Gasteiger charge is -2.19. The van der Waals surface area contributed by atoms with Crippen molar-refractivity contribution in [3.05, 3.63) is 55.7 Å². The van der Waals surface area contributed by atoms with Gasteiger partial charge in [-0.15, -0.1) is 22.7 Å². The molecule has 3 aromatic heterocycles. The molecule has 4 heterocycles. The van der Waals surface area contributed by atoms with E-state index in [1.807, 2.05) is 46.3 Å². The molecule has 0 spiro atoms. The molecular weight excluding hydrogens is 394 g/mol. The molecule has 0 fully saturated rings. The molecule has 1 aliphatic rings. The number of nitrogens with zero attached hydrogens (tertiary/aromatic N) is 4. The summed E-state index contributed by atoms with van der Waals surface area (Å²) >= 11 is 3.10. The highest BCUT2D eigenvalue weighted by Crippen LogP contribution is 2.19. The van der Waals surface area contributed by atoms with E-state index in [1.165, 1.54) is 11.3 Å². The Hall–Kier alpha value is -2.52. The van der Waals surface area contributed by atoms with Crippen LogP contribution in [-0.4, -0.2) is 44.3 Å². The first kappa shape index (κ1) is 18.8. The fourth-order valence-corrected chi connectivity index (χ4v) is 4.62. The molecule has 0 radical (unpaired) electrons. The summed E-state index contributed by atoms with van der Waals surface area (Å²) in [4.78, 5) is 37.1. The van der Waals surface area contributed by atoms with Crippen molar-refractivity contribution < 1.29 is 9.59 Å². The topological polar surface area (TPSA) is 80.1 Å². The standard InChI is InChI=1S/C19H21N5O2S2/c1-12-21-15(11-28-12)19(26)24-7-5-14-16(6-8-24)23(2)17(22-14)18(25)20-10-13-4-3-9-27-13/h3-4,9,11H,5-8,10H2,1-2H3,(H,20,25). The van der Waals surface area contributed by atoms with Gasteiger partial charge in [0.05, 0.1) is 17.2 Å². The molecule has 7 nitrogen and oxygen atoms in total. The molecule has 0 saturated heterocycles. The maximum absolute atomic E-state index is 12.7. The zero-order chi connectivity index (χ0) is 19.7. The summed E-state index contributed by atoms with van der Waals surface area (Å²) in [7, 11) is 1.87. The van der Waals surface area contributed by atoms with Gasteiger partial charge in [-0.1, -0.05) is 6.07 Å². The lowest BCUT2D eigenvalue weighted by atomic mass is 10.2. The number of nitrogens with one attached hydrogen (secondary N) is 1. The Morgan fingerprint density at radius 2 is 2.04 bits per heavy atom. The second-order valence-corrected chi connectivity index (χ2v) is 8.79. The molecule has 28 heavy (non-hydrogen) atoms. The molecule has 0 aromatic carbocycles. The molecule has 0 aliphatic carbocycles. The van der Waals surface area contributed by atoms with Crippen LogP contribution in [-0.2, 0) is 26.4 Å². The van der Waals surface area contributed by atoms with Gasteiger partial charge in [0.25, 0.3) is 11.8 Å². The maximum atomic E-state index is 12.7. The van der Waals surface area contributed by atoms with Crippen LogP contribution in [0.25, 0.3) is 0 Å². The molecule has 9 heteroatoms. The number of carbonyl (C=O) groups excluding carboxylic acids is 2. The van der Waals surface area contributed by atoms with E-state index in [2.05, 4.69) is 15.3 Å². The number of aromatic nitrogens is 3. The van der Waals surface area contributed by atoms with Crippen molar-refractivity contribution in [2.24, 2.45) is 7.05 Å². The zero-order valence-electron chi connectivity index (χ0n) is 15.8. The number of imidazole rings is 1. The number of thiazole rings is 1. The number of thiophene rings is 1. The SMILES string of the molecule is Cc1nc(C(=O)N2CCc3nc(C(=O)NCc4cccs4)n(C)c3CC2)cs1. The predicted octanol–water partition coefficient (Wildman–Crippen LogP) is 2.42. The fourth-order valence-electron chi connectivity index (χ4n) is 3.38. The van der Waals surface area contributed by atoms with Gasteiger partial charge in [0.1, 0.15) is 5.69 Å². The average molecular weight is 416 g/mol. The molecule has 0 unspecified atom stereocenters. The second kappa shape index (κ2) is 7.84. The summed E-state index contributed by atoms with van der Waals surface area (Å²) in [5.41, 5.74) is 2.43. The van der Waals surface area contributed by atoms with Gasteiger partial charge in [-0.3, -0.25) is 9.59 Å². The van der Waals surface area contributed by atoms with Gasteiger partial charge >= 0.3 is 0 Å². The molecule has 3 aromatic rings. The molecule has 146 valence electrons. The minimum absolute atomic E-state index is 0.0360. The van der Waals surface area contributed by atoms with Gasteiger partial charge in [-0.05, 0) is 18.4 Å². The van der Waals surface area contributed by atoms with E-state index in [4.69, 9.17) is 0 Å². The Bertz CT molecular complexity index is 1010. The van der Waals surface area contributed by atoms with Gasteiger partial charge in [-0.2, -0.15) is 0 Å². The van der Waals surface area contributed by atoms with Crippen molar-refractivity contribution in [2.45, 2.75) is 26.3 Å². The van der Waals surface area contributed by atoms with E-state index < -0.39 is 0 Å². The van der Waals surface area contributed by atoms with Crippen LogP contribution in [0.5, 0.6) is 0 Å². The van der Waals surface area contributed by atoms with E-state index in [1.54, 1.807) is 11.3 Å². The van der Waals surface area contributed by atoms with Crippen LogP contribution in [0.15, 0.2) is 22.9 Å². The highest BCUT2D eigenvalue weighted by Gasteiger charge is 2.26. The van der Waals surface area contributed by atoms with E-state index in [0.717, 1.165) is 21.3 Å². The first-order valence-electron chi connectivity index (χ1n) is 9.09. The first-order chi connectivity index (χ1) is 13.5. The van der Waals surface area contributed by atoms with Crippen molar-refractivity contribution in [3.8, 4) is 0 Å². The van der Waals surface area contributed by atoms with E-state index in [0.29, 0.717) is 44.0 Å². The van der Waals surface area contributed by atoms with Crippen LogP contribution in [0.3, 0.4) is 0 Å². The number of aryl methyl sites for hydroxylation is 1. The number of hydrogen-bond acceptors (Lipinski definition) is 6. The molecule has 4 rings (SSSR count).